The number of nitrogens with one attached hydrogen (secondary N) is 1. The van der Waals surface area contributed by atoms with Gasteiger partial charge in [-0.1, -0.05) is 6.92 Å². The lowest BCUT2D eigenvalue weighted by atomic mass is 10.00. The summed E-state index contributed by atoms with van der Waals surface area (Å²) in [4.78, 5) is 9.46. The Morgan fingerprint density at radius 3 is 2.58 bits per heavy atom. The van der Waals surface area contributed by atoms with Gasteiger partial charge in [-0.25, -0.2) is 22.5 Å². The first-order valence-electron chi connectivity index (χ1n) is 10.5. The highest BCUT2D eigenvalue weighted by molar-refractivity contribution is 7.89. The SMILES string of the molecule is Cc1nc(C(C)CCN)c2ncn(CCCCNS(=O)(=O)c3ccc(F)cc3)c2c1C. The number of unbranched alkanes of at least 4 members (excludes halogenated alkanes) is 1. The Morgan fingerprint density at radius 2 is 1.90 bits per heavy atom. The molecule has 9 heteroatoms. The molecule has 3 aromatic rings. The van der Waals surface area contributed by atoms with Crippen molar-refractivity contribution >= 4 is 21.1 Å². The van der Waals surface area contributed by atoms with Crippen LogP contribution < -0.4 is 10.5 Å². The zero-order valence-corrected chi connectivity index (χ0v) is 19.0. The summed E-state index contributed by atoms with van der Waals surface area (Å²) in [5, 5.41) is 0. The lowest BCUT2D eigenvalue weighted by Crippen LogP contribution is -2.25. The van der Waals surface area contributed by atoms with Gasteiger partial charge in [0.25, 0.3) is 0 Å². The topological polar surface area (TPSA) is 103 Å². The van der Waals surface area contributed by atoms with Crippen LogP contribution >= 0.6 is 0 Å². The molecule has 0 saturated carbocycles. The molecule has 0 bridgehead atoms. The van der Waals surface area contributed by atoms with Crippen molar-refractivity contribution in [1.82, 2.24) is 19.3 Å². The van der Waals surface area contributed by atoms with Gasteiger partial charge in [-0.15, -0.1) is 0 Å². The summed E-state index contributed by atoms with van der Waals surface area (Å²) in [7, 11) is -3.63. The Morgan fingerprint density at radius 1 is 1.19 bits per heavy atom. The van der Waals surface area contributed by atoms with Gasteiger partial charge in [0.2, 0.25) is 10.0 Å². The van der Waals surface area contributed by atoms with E-state index in [1.807, 2.05) is 13.3 Å². The van der Waals surface area contributed by atoms with E-state index < -0.39 is 15.8 Å². The quantitative estimate of drug-likeness (QED) is 0.464. The smallest absolute Gasteiger partial charge is 0.240 e. The fraction of sp³-hybridized carbons (Fsp3) is 0.455. The number of halogens is 1. The molecule has 1 aromatic carbocycles. The Kier molecular flexibility index (Phi) is 7.40. The summed E-state index contributed by atoms with van der Waals surface area (Å²) in [6.45, 7) is 7.82. The Hall–Kier alpha value is -2.36. The summed E-state index contributed by atoms with van der Waals surface area (Å²) < 4.78 is 42.3. The molecule has 0 aliphatic heterocycles. The van der Waals surface area contributed by atoms with E-state index in [-0.39, 0.29) is 10.8 Å². The number of hydrogen-bond donors (Lipinski definition) is 2. The summed E-state index contributed by atoms with van der Waals surface area (Å²) >= 11 is 0. The van der Waals surface area contributed by atoms with Gasteiger partial charge in [-0.2, -0.15) is 0 Å². The molecule has 1 unspecified atom stereocenters. The Bertz CT molecular complexity index is 1140. The monoisotopic (exact) mass is 447 g/mol. The van der Waals surface area contributed by atoms with Gasteiger partial charge in [0.15, 0.2) is 0 Å². The number of benzene rings is 1. The van der Waals surface area contributed by atoms with Gasteiger partial charge in [0, 0.05) is 24.7 Å². The molecule has 31 heavy (non-hydrogen) atoms. The summed E-state index contributed by atoms with van der Waals surface area (Å²) in [5.41, 5.74) is 10.8. The fourth-order valence-electron chi connectivity index (χ4n) is 3.66. The second-order valence-corrected chi connectivity index (χ2v) is 9.65. The number of aromatic nitrogens is 3. The molecular weight excluding hydrogens is 417 g/mol. The molecule has 0 spiro atoms. The Labute approximate surface area is 182 Å². The van der Waals surface area contributed by atoms with Crippen LogP contribution in [0.2, 0.25) is 0 Å². The lowest BCUT2D eigenvalue weighted by Gasteiger charge is -2.14. The van der Waals surface area contributed by atoms with Gasteiger partial charge in [-0.3, -0.25) is 4.98 Å². The first-order chi connectivity index (χ1) is 14.7. The van der Waals surface area contributed by atoms with E-state index in [9.17, 15) is 12.8 Å². The van der Waals surface area contributed by atoms with Gasteiger partial charge in [0.1, 0.15) is 11.3 Å². The largest absolute Gasteiger partial charge is 0.330 e. The third-order valence-electron chi connectivity index (χ3n) is 5.57. The summed E-state index contributed by atoms with van der Waals surface area (Å²) in [6.07, 6.45) is 4.14. The zero-order chi connectivity index (χ0) is 22.6. The standard InChI is InChI=1S/C22H30FN5O2S/c1-15(10-11-24)20-21-22(16(2)17(3)27-20)28(14-25-21)13-5-4-12-26-31(29,30)19-8-6-18(23)7-9-19/h6-9,14-15,26H,4-5,10-13,24H2,1-3H3. The molecule has 2 heterocycles. The van der Waals surface area contributed by atoms with E-state index in [2.05, 4.69) is 28.1 Å². The van der Waals surface area contributed by atoms with E-state index in [1.54, 1.807) is 0 Å². The molecule has 0 aliphatic carbocycles. The maximum absolute atomic E-state index is 13.0. The number of imidazole rings is 1. The molecule has 1 atom stereocenters. The van der Waals surface area contributed by atoms with Crippen LogP contribution in [0.3, 0.4) is 0 Å². The van der Waals surface area contributed by atoms with Crippen molar-refractivity contribution in [3.05, 3.63) is 53.4 Å². The number of nitrogens with zero attached hydrogens (tertiary/aromatic N) is 3. The van der Waals surface area contributed by atoms with Crippen LogP contribution in [0.1, 0.15) is 49.1 Å². The average molecular weight is 448 g/mol. The maximum atomic E-state index is 13.0. The highest BCUT2D eigenvalue weighted by Gasteiger charge is 2.18. The molecule has 0 amide bonds. The van der Waals surface area contributed by atoms with Gasteiger partial charge < -0.3 is 10.3 Å². The van der Waals surface area contributed by atoms with E-state index in [1.165, 1.54) is 12.1 Å². The van der Waals surface area contributed by atoms with E-state index in [0.717, 1.165) is 59.5 Å². The molecular formula is C22H30FN5O2S. The summed E-state index contributed by atoms with van der Waals surface area (Å²) in [6, 6.07) is 4.80. The normalized spacial score (nSPS) is 13.1. The van der Waals surface area contributed by atoms with Crippen LogP contribution in [-0.2, 0) is 16.6 Å². The van der Waals surface area contributed by atoms with Crippen molar-refractivity contribution < 1.29 is 12.8 Å². The van der Waals surface area contributed by atoms with Crippen LogP contribution in [0.15, 0.2) is 35.5 Å². The first-order valence-corrected chi connectivity index (χ1v) is 12.0. The molecule has 0 saturated heterocycles. The minimum absolute atomic E-state index is 0.0623. The van der Waals surface area contributed by atoms with Gasteiger partial charge in [-0.05, 0) is 69.5 Å². The van der Waals surface area contributed by atoms with Gasteiger partial charge in [0.05, 0.1) is 22.4 Å². The predicted octanol–water partition coefficient (Wildman–Crippen LogP) is 3.40. The van der Waals surface area contributed by atoms with Crippen LogP contribution in [0, 0.1) is 19.7 Å². The Balaban J connectivity index is 1.64. The highest BCUT2D eigenvalue weighted by atomic mass is 32.2. The van der Waals surface area contributed by atoms with Crippen LogP contribution in [0.5, 0.6) is 0 Å². The first kappa shape index (κ1) is 23.3. The molecule has 2 aromatic heterocycles. The molecule has 7 nitrogen and oxygen atoms in total. The second-order valence-electron chi connectivity index (χ2n) is 7.88. The predicted molar refractivity (Wildman–Crippen MR) is 120 cm³/mol. The molecule has 3 rings (SSSR count). The number of nitrogens with two attached hydrogens (primary N) is 1. The minimum Gasteiger partial charge on any atom is -0.330 e. The summed E-state index contributed by atoms with van der Waals surface area (Å²) in [5.74, 6) is -0.233. The number of aryl methyl sites for hydroxylation is 3. The van der Waals surface area contributed by atoms with Gasteiger partial charge >= 0.3 is 0 Å². The number of fused-ring (bicyclic) bond motifs is 1. The lowest BCUT2D eigenvalue weighted by molar-refractivity contribution is 0.567. The van der Waals surface area contributed by atoms with Crippen molar-refractivity contribution in [2.75, 3.05) is 13.1 Å². The van der Waals surface area contributed by atoms with E-state index in [4.69, 9.17) is 10.7 Å². The van der Waals surface area contributed by atoms with Crippen molar-refractivity contribution in [2.45, 2.75) is 57.4 Å². The fourth-order valence-corrected chi connectivity index (χ4v) is 4.74. The maximum Gasteiger partial charge on any atom is 0.240 e. The molecule has 3 N–H and O–H groups in total. The van der Waals surface area contributed by atoms with Crippen LogP contribution in [-0.4, -0.2) is 36.0 Å². The van der Waals surface area contributed by atoms with Crippen molar-refractivity contribution in [3.63, 3.8) is 0 Å². The van der Waals surface area contributed by atoms with Crippen molar-refractivity contribution in [2.24, 2.45) is 5.73 Å². The third kappa shape index (κ3) is 5.28. The molecule has 0 radical (unpaired) electrons. The van der Waals surface area contributed by atoms with Crippen molar-refractivity contribution in [1.29, 1.82) is 0 Å². The third-order valence-corrected chi connectivity index (χ3v) is 7.05. The van der Waals surface area contributed by atoms with E-state index in [0.29, 0.717) is 19.5 Å². The zero-order valence-electron chi connectivity index (χ0n) is 18.2. The minimum atomic E-state index is -3.63. The van der Waals surface area contributed by atoms with Crippen molar-refractivity contribution in [3.8, 4) is 0 Å². The van der Waals surface area contributed by atoms with Crippen LogP contribution in [0.25, 0.3) is 11.0 Å². The molecule has 168 valence electrons. The number of hydrogen-bond acceptors (Lipinski definition) is 5. The average Bonchev–Trinajstić information content (AvgIpc) is 3.15. The molecule has 0 fully saturated rings. The number of sulfonamides is 1. The van der Waals surface area contributed by atoms with E-state index >= 15 is 0 Å². The number of pyridine rings is 1. The second kappa shape index (κ2) is 9.84. The van der Waals surface area contributed by atoms with Crippen LogP contribution in [0.4, 0.5) is 4.39 Å². The number of rotatable bonds is 10. The molecule has 0 aliphatic rings. The highest BCUT2D eigenvalue weighted by Crippen LogP contribution is 2.28.